The summed E-state index contributed by atoms with van der Waals surface area (Å²) in [5.41, 5.74) is 11.2. The van der Waals surface area contributed by atoms with Crippen LogP contribution in [0.25, 0.3) is 11.3 Å². The number of hydrogen-bond donors (Lipinski definition) is 1. The zero-order valence-corrected chi connectivity index (χ0v) is 18.4. The molecule has 31 heavy (non-hydrogen) atoms. The van der Waals surface area contributed by atoms with Crippen LogP contribution in [0.2, 0.25) is 0 Å². The third-order valence-corrected chi connectivity index (χ3v) is 5.50. The minimum atomic E-state index is -0.527. The van der Waals surface area contributed by atoms with E-state index >= 15 is 0 Å². The van der Waals surface area contributed by atoms with Gasteiger partial charge in [0.1, 0.15) is 0 Å². The second kappa shape index (κ2) is 8.00. The van der Waals surface area contributed by atoms with Crippen molar-refractivity contribution in [2.45, 2.75) is 40.3 Å². The number of hydrogen-bond acceptors (Lipinski definition) is 7. The average molecular weight is 418 g/mol. The monoisotopic (exact) mass is 417 g/mol. The van der Waals surface area contributed by atoms with Crippen molar-refractivity contribution in [2.24, 2.45) is 5.41 Å². The zero-order chi connectivity index (χ0) is 22.2. The molecule has 0 bridgehead atoms. The summed E-state index contributed by atoms with van der Waals surface area (Å²) in [4.78, 5) is 11.3. The first-order valence-electron chi connectivity index (χ1n) is 10.3. The van der Waals surface area contributed by atoms with Gasteiger partial charge in [-0.05, 0) is 63.1 Å². The topological polar surface area (TPSA) is 106 Å². The summed E-state index contributed by atoms with van der Waals surface area (Å²) in [6.45, 7) is 8.32. The smallest absolute Gasteiger partial charge is 0.263 e. The number of rotatable bonds is 5. The molecule has 0 aliphatic carbocycles. The van der Waals surface area contributed by atoms with Gasteiger partial charge in [-0.2, -0.15) is 10.4 Å². The third kappa shape index (κ3) is 4.52. The van der Waals surface area contributed by atoms with Crippen molar-refractivity contribution in [1.82, 2.24) is 24.6 Å². The van der Waals surface area contributed by atoms with E-state index in [0.717, 1.165) is 25.1 Å². The van der Waals surface area contributed by atoms with E-state index in [0.29, 0.717) is 18.0 Å². The van der Waals surface area contributed by atoms with Crippen LogP contribution in [-0.2, 0) is 19.5 Å². The fourth-order valence-electron chi connectivity index (χ4n) is 3.84. The van der Waals surface area contributed by atoms with Crippen LogP contribution in [-0.4, -0.2) is 38.2 Å². The van der Waals surface area contributed by atoms with Crippen molar-refractivity contribution in [1.29, 1.82) is 5.26 Å². The summed E-state index contributed by atoms with van der Waals surface area (Å²) in [5, 5.41) is 13.5. The molecule has 8 nitrogen and oxygen atoms in total. The maximum Gasteiger partial charge on any atom is 0.263 e. The Morgan fingerprint density at radius 2 is 2.10 bits per heavy atom. The highest BCUT2D eigenvalue weighted by Gasteiger charge is 2.20. The van der Waals surface area contributed by atoms with Gasteiger partial charge >= 0.3 is 0 Å². The molecule has 0 saturated heterocycles. The molecule has 1 aliphatic rings. The first-order valence-corrected chi connectivity index (χ1v) is 10.3. The summed E-state index contributed by atoms with van der Waals surface area (Å²) in [5.74, 6) is 0.947. The van der Waals surface area contributed by atoms with Gasteiger partial charge < -0.3 is 15.4 Å². The third-order valence-electron chi connectivity index (χ3n) is 5.50. The second-order valence-corrected chi connectivity index (χ2v) is 8.84. The normalized spacial score (nSPS) is 14.2. The molecule has 3 aromatic rings. The van der Waals surface area contributed by atoms with Gasteiger partial charge in [0.15, 0.2) is 11.6 Å². The van der Waals surface area contributed by atoms with E-state index in [4.69, 9.17) is 10.5 Å². The highest BCUT2D eigenvalue weighted by Crippen LogP contribution is 2.31. The Bertz CT molecular complexity index is 1160. The summed E-state index contributed by atoms with van der Waals surface area (Å²) in [7, 11) is 2.14. The Kier molecular flexibility index (Phi) is 5.38. The van der Waals surface area contributed by atoms with E-state index in [-0.39, 0.29) is 11.7 Å². The lowest BCUT2D eigenvalue weighted by molar-refractivity contribution is 0.312. The minimum absolute atomic E-state index is 0.211. The Morgan fingerprint density at radius 1 is 1.29 bits per heavy atom. The number of fused-ring (bicyclic) bond motifs is 1. The maximum atomic E-state index is 9.22. The number of aromatic nitrogens is 4. The highest BCUT2D eigenvalue weighted by molar-refractivity contribution is 5.64. The number of nitriles is 1. The van der Waals surface area contributed by atoms with E-state index in [2.05, 4.69) is 52.1 Å². The predicted molar refractivity (Wildman–Crippen MR) is 118 cm³/mol. The Morgan fingerprint density at radius 3 is 2.87 bits per heavy atom. The van der Waals surface area contributed by atoms with Gasteiger partial charge in [-0.1, -0.05) is 0 Å². The van der Waals surface area contributed by atoms with Crippen LogP contribution in [0.4, 0.5) is 5.82 Å². The Balaban J connectivity index is 1.60. The van der Waals surface area contributed by atoms with E-state index in [9.17, 15) is 5.26 Å². The van der Waals surface area contributed by atoms with Crippen molar-refractivity contribution in [3.63, 3.8) is 0 Å². The van der Waals surface area contributed by atoms with E-state index < -0.39 is 5.41 Å². The summed E-state index contributed by atoms with van der Waals surface area (Å²) >= 11 is 0. The largest absolute Gasteiger partial charge is 0.433 e. The Hall–Kier alpha value is -3.44. The Labute approximate surface area is 182 Å². The molecule has 1 aliphatic heterocycles. The number of nitrogens with two attached hydrogens (primary N) is 1. The predicted octanol–water partition coefficient (Wildman–Crippen LogP) is 3.56. The molecule has 2 N–H and O–H groups in total. The fourth-order valence-corrected chi connectivity index (χ4v) is 3.84. The average Bonchev–Trinajstić information content (AvgIpc) is 3.15. The molecule has 2 aromatic heterocycles. The van der Waals surface area contributed by atoms with Gasteiger partial charge in [-0.3, -0.25) is 4.68 Å². The minimum Gasteiger partial charge on any atom is -0.433 e. The molecule has 8 heteroatoms. The SMILES string of the molecule is Cc1cc(-c2cnc(N)c(Oc3cnn(CC(C)(C)C#N)c3)n2)cc2c1CCN(C)C2. The maximum absolute atomic E-state index is 9.22. The molecule has 0 saturated carbocycles. The van der Waals surface area contributed by atoms with Crippen molar-refractivity contribution in [2.75, 3.05) is 19.3 Å². The lowest BCUT2D eigenvalue weighted by Crippen LogP contribution is -2.27. The van der Waals surface area contributed by atoms with E-state index in [1.165, 1.54) is 16.7 Å². The van der Waals surface area contributed by atoms with Crippen LogP contribution in [0.1, 0.15) is 30.5 Å². The molecule has 3 heterocycles. The van der Waals surface area contributed by atoms with Crippen LogP contribution in [0.3, 0.4) is 0 Å². The number of likely N-dealkylation sites (N-methyl/N-ethyl adjacent to an activating group) is 1. The number of benzene rings is 1. The quantitative estimate of drug-likeness (QED) is 0.676. The van der Waals surface area contributed by atoms with E-state index in [1.54, 1.807) is 23.3 Å². The highest BCUT2D eigenvalue weighted by atomic mass is 16.5. The van der Waals surface area contributed by atoms with Crippen LogP contribution in [0.15, 0.2) is 30.7 Å². The van der Waals surface area contributed by atoms with Gasteiger partial charge in [0.05, 0.1) is 42.3 Å². The molecule has 0 radical (unpaired) electrons. The molecule has 0 atom stereocenters. The van der Waals surface area contributed by atoms with Crippen molar-refractivity contribution in [3.8, 4) is 29.0 Å². The zero-order valence-electron chi connectivity index (χ0n) is 18.4. The molecule has 0 unspecified atom stereocenters. The summed E-state index contributed by atoms with van der Waals surface area (Å²) in [6.07, 6.45) is 6.05. The van der Waals surface area contributed by atoms with Gasteiger partial charge in [0, 0.05) is 18.7 Å². The number of nitrogen functional groups attached to an aromatic ring is 1. The number of aryl methyl sites for hydroxylation is 1. The van der Waals surface area contributed by atoms with Gasteiger partial charge in [-0.25, -0.2) is 9.97 Å². The molecular formula is C23H27N7O. The van der Waals surface area contributed by atoms with Crippen molar-refractivity contribution < 1.29 is 4.74 Å². The first-order chi connectivity index (χ1) is 14.7. The molecule has 0 fully saturated rings. The number of ether oxygens (including phenoxy) is 1. The van der Waals surface area contributed by atoms with Gasteiger partial charge in [0.2, 0.25) is 0 Å². The molecule has 4 rings (SSSR count). The molecule has 0 amide bonds. The fraction of sp³-hybridized carbons (Fsp3) is 0.391. The standard InChI is InChI=1S/C23H27N7O/c1-15-7-16(8-17-11-29(4)6-5-19(15)17)20-10-26-21(25)22(28-20)31-18-9-27-30(12-18)14-23(2,3)13-24/h7-10,12H,5-6,11,14H2,1-4H3,(H2,25,26). The van der Waals surface area contributed by atoms with Gasteiger partial charge in [-0.15, -0.1) is 0 Å². The lowest BCUT2D eigenvalue weighted by Gasteiger charge is -2.27. The number of nitrogens with zero attached hydrogens (tertiary/aromatic N) is 6. The first kappa shape index (κ1) is 20.8. The second-order valence-electron chi connectivity index (χ2n) is 8.84. The van der Waals surface area contributed by atoms with Crippen molar-refractivity contribution in [3.05, 3.63) is 47.4 Å². The van der Waals surface area contributed by atoms with Gasteiger partial charge in [0.25, 0.3) is 5.88 Å². The van der Waals surface area contributed by atoms with Crippen molar-refractivity contribution >= 4 is 5.82 Å². The molecule has 0 spiro atoms. The van der Waals surface area contributed by atoms with Crippen LogP contribution >= 0.6 is 0 Å². The molecule has 160 valence electrons. The lowest BCUT2D eigenvalue weighted by atomic mass is 9.92. The van der Waals surface area contributed by atoms with E-state index in [1.807, 2.05) is 13.8 Å². The molecular weight excluding hydrogens is 390 g/mol. The molecule has 1 aromatic carbocycles. The van der Waals surface area contributed by atoms with Crippen LogP contribution in [0.5, 0.6) is 11.6 Å². The van der Waals surface area contributed by atoms with Crippen LogP contribution in [0, 0.1) is 23.7 Å². The summed E-state index contributed by atoms with van der Waals surface area (Å²) < 4.78 is 7.56. The number of anilines is 1. The summed E-state index contributed by atoms with van der Waals surface area (Å²) in [6, 6.07) is 6.60. The van der Waals surface area contributed by atoms with Crippen LogP contribution < -0.4 is 10.5 Å².